The monoisotopic (exact) mass is 346 g/mol. The van der Waals surface area contributed by atoms with E-state index in [0.29, 0.717) is 17.7 Å². The van der Waals surface area contributed by atoms with Crippen molar-refractivity contribution in [3.8, 4) is 6.07 Å². The van der Waals surface area contributed by atoms with Gasteiger partial charge in [0.15, 0.2) is 0 Å². The third-order valence-corrected chi connectivity index (χ3v) is 6.70. The molecule has 8 atom stereocenters. The summed E-state index contributed by atoms with van der Waals surface area (Å²) in [4.78, 5) is 0. The van der Waals surface area contributed by atoms with E-state index in [9.17, 15) is 5.26 Å². The Hall–Kier alpha value is -1.61. The quantitative estimate of drug-likeness (QED) is 0.818. The topological polar surface area (TPSA) is 90.5 Å². The highest BCUT2D eigenvalue weighted by atomic mass is 16.5. The van der Waals surface area contributed by atoms with E-state index in [0.717, 1.165) is 12.8 Å². The summed E-state index contributed by atoms with van der Waals surface area (Å²) in [7, 11) is 1.80. The summed E-state index contributed by atoms with van der Waals surface area (Å²) in [6.45, 7) is 6.54. The predicted octanol–water partition coefficient (Wildman–Crippen LogP) is 3.15. The SMILES string of the molecule is CCC1CCC(CC)C(C2C(C#N)C(=N)OC3=NNC(C)C32)C1OC. The van der Waals surface area contributed by atoms with Crippen LogP contribution in [-0.4, -0.2) is 31.1 Å². The van der Waals surface area contributed by atoms with E-state index in [1.54, 1.807) is 7.11 Å². The van der Waals surface area contributed by atoms with Crippen molar-refractivity contribution in [2.45, 2.75) is 58.6 Å². The molecule has 2 N–H and O–H groups in total. The first kappa shape index (κ1) is 18.2. The largest absolute Gasteiger partial charge is 0.426 e. The van der Waals surface area contributed by atoms with Crippen LogP contribution >= 0.6 is 0 Å². The van der Waals surface area contributed by atoms with Crippen molar-refractivity contribution in [1.82, 2.24) is 5.43 Å². The Morgan fingerprint density at radius 1 is 1.28 bits per heavy atom. The number of hydrazone groups is 1. The molecule has 0 spiro atoms. The number of hydrogen-bond acceptors (Lipinski definition) is 6. The third-order valence-electron chi connectivity index (χ3n) is 6.70. The maximum Gasteiger partial charge on any atom is 0.219 e. The van der Waals surface area contributed by atoms with E-state index >= 15 is 0 Å². The molecular weight excluding hydrogens is 316 g/mol. The predicted molar refractivity (Wildman–Crippen MR) is 96.0 cm³/mol. The maximum absolute atomic E-state index is 9.84. The number of ether oxygens (including phenoxy) is 2. The minimum Gasteiger partial charge on any atom is -0.426 e. The van der Waals surface area contributed by atoms with Crippen molar-refractivity contribution in [3.05, 3.63) is 0 Å². The van der Waals surface area contributed by atoms with Crippen LogP contribution in [0.3, 0.4) is 0 Å². The molecule has 0 amide bonds. The van der Waals surface area contributed by atoms with E-state index in [2.05, 4.69) is 37.4 Å². The van der Waals surface area contributed by atoms with Crippen molar-refractivity contribution >= 4 is 11.8 Å². The van der Waals surface area contributed by atoms with Gasteiger partial charge in [0.1, 0.15) is 5.92 Å². The number of rotatable bonds is 4. The number of nitriles is 1. The number of nitrogens with one attached hydrogen (secondary N) is 2. The van der Waals surface area contributed by atoms with E-state index in [4.69, 9.17) is 14.9 Å². The van der Waals surface area contributed by atoms with Crippen LogP contribution < -0.4 is 5.43 Å². The molecule has 2 aliphatic heterocycles. The second-order valence-corrected chi connectivity index (χ2v) is 7.74. The molecule has 8 unspecified atom stereocenters. The Morgan fingerprint density at radius 2 is 1.96 bits per heavy atom. The van der Waals surface area contributed by atoms with Gasteiger partial charge in [0.25, 0.3) is 0 Å². The van der Waals surface area contributed by atoms with Crippen LogP contribution in [0.2, 0.25) is 0 Å². The Morgan fingerprint density at radius 3 is 2.56 bits per heavy atom. The molecule has 2 heterocycles. The Bertz CT molecular complexity index is 584. The van der Waals surface area contributed by atoms with Crippen LogP contribution in [0.1, 0.15) is 46.5 Å². The van der Waals surface area contributed by atoms with E-state index < -0.39 is 5.92 Å². The molecule has 25 heavy (non-hydrogen) atoms. The smallest absolute Gasteiger partial charge is 0.219 e. The van der Waals surface area contributed by atoms with Gasteiger partial charge in [-0.15, -0.1) is 5.10 Å². The van der Waals surface area contributed by atoms with Gasteiger partial charge >= 0.3 is 0 Å². The van der Waals surface area contributed by atoms with Crippen LogP contribution in [0.5, 0.6) is 0 Å². The van der Waals surface area contributed by atoms with Gasteiger partial charge in [-0.05, 0) is 37.5 Å². The van der Waals surface area contributed by atoms with Gasteiger partial charge in [0.2, 0.25) is 11.8 Å². The van der Waals surface area contributed by atoms with Gasteiger partial charge in [0.05, 0.1) is 24.1 Å². The Kier molecular flexibility index (Phi) is 5.33. The van der Waals surface area contributed by atoms with E-state index in [1.807, 2.05) is 0 Å². The van der Waals surface area contributed by atoms with E-state index in [1.165, 1.54) is 12.8 Å². The summed E-state index contributed by atoms with van der Waals surface area (Å²) >= 11 is 0. The second-order valence-electron chi connectivity index (χ2n) is 7.74. The van der Waals surface area contributed by atoms with Gasteiger partial charge in [-0.3, -0.25) is 5.41 Å². The minimum absolute atomic E-state index is 0.0132. The minimum atomic E-state index is -0.529. The summed E-state index contributed by atoms with van der Waals surface area (Å²) in [6, 6.07) is 2.48. The lowest BCUT2D eigenvalue weighted by atomic mass is 9.58. The standard InChI is InChI=1S/C19H30N4O2/c1-5-11-7-8-12(6-2)17(24-4)15(11)16-13(9-20)18(21)25-19-14(16)10(3)22-23-19/h10-17,21-22H,5-8H2,1-4H3. The highest BCUT2D eigenvalue weighted by Gasteiger charge is 2.55. The molecule has 138 valence electrons. The molecule has 1 saturated carbocycles. The van der Waals surface area contributed by atoms with Crippen LogP contribution in [0.25, 0.3) is 0 Å². The molecule has 0 bridgehead atoms. The highest BCUT2D eigenvalue weighted by molar-refractivity contribution is 5.97. The summed E-state index contributed by atoms with van der Waals surface area (Å²) in [5.74, 6) is 1.41. The zero-order valence-electron chi connectivity index (χ0n) is 15.7. The fraction of sp³-hybridized carbons (Fsp3) is 0.842. The summed E-state index contributed by atoms with van der Waals surface area (Å²) in [5, 5.41) is 22.4. The van der Waals surface area contributed by atoms with Crippen molar-refractivity contribution in [2.24, 2.45) is 40.6 Å². The molecule has 3 aliphatic rings. The first-order chi connectivity index (χ1) is 12.1. The first-order valence-electron chi connectivity index (χ1n) is 9.59. The molecule has 0 aromatic rings. The lowest BCUT2D eigenvalue weighted by Gasteiger charge is -2.50. The Labute approximate surface area is 150 Å². The zero-order chi connectivity index (χ0) is 18.1. The fourth-order valence-electron chi connectivity index (χ4n) is 5.45. The van der Waals surface area contributed by atoms with Crippen LogP contribution in [0, 0.1) is 52.2 Å². The number of nitrogens with zero attached hydrogens (tertiary/aromatic N) is 2. The molecule has 0 aromatic carbocycles. The van der Waals surface area contributed by atoms with Gasteiger partial charge in [-0.2, -0.15) is 5.26 Å². The van der Waals surface area contributed by atoms with Crippen molar-refractivity contribution in [1.29, 1.82) is 10.7 Å². The number of hydrogen-bond donors (Lipinski definition) is 2. The summed E-state index contributed by atoms with van der Waals surface area (Å²) < 4.78 is 11.6. The number of fused-ring (bicyclic) bond motifs is 1. The molecular formula is C19H30N4O2. The Balaban J connectivity index is 2.04. The molecule has 6 heteroatoms. The summed E-state index contributed by atoms with van der Waals surface area (Å²) in [5.41, 5.74) is 3.10. The van der Waals surface area contributed by atoms with Crippen molar-refractivity contribution in [3.63, 3.8) is 0 Å². The van der Waals surface area contributed by atoms with Gasteiger partial charge < -0.3 is 14.9 Å². The first-order valence-corrected chi connectivity index (χ1v) is 9.59. The average Bonchev–Trinajstić information content (AvgIpc) is 2.99. The lowest BCUT2D eigenvalue weighted by Crippen LogP contribution is -2.55. The molecule has 0 radical (unpaired) electrons. The van der Waals surface area contributed by atoms with Gasteiger partial charge in [-0.25, -0.2) is 0 Å². The molecule has 2 fully saturated rings. The van der Waals surface area contributed by atoms with Gasteiger partial charge in [-0.1, -0.05) is 26.7 Å². The van der Waals surface area contributed by atoms with E-state index in [-0.39, 0.29) is 35.8 Å². The van der Waals surface area contributed by atoms with Crippen molar-refractivity contribution < 1.29 is 9.47 Å². The highest BCUT2D eigenvalue weighted by Crippen LogP contribution is 2.50. The number of methoxy groups -OCH3 is 1. The molecule has 3 rings (SSSR count). The van der Waals surface area contributed by atoms with Crippen LogP contribution in [0.4, 0.5) is 0 Å². The normalized spacial score (nSPS) is 43.5. The molecule has 1 aliphatic carbocycles. The maximum atomic E-state index is 9.84. The van der Waals surface area contributed by atoms with Crippen LogP contribution in [0.15, 0.2) is 5.10 Å². The second kappa shape index (κ2) is 7.33. The van der Waals surface area contributed by atoms with Crippen LogP contribution in [-0.2, 0) is 9.47 Å². The van der Waals surface area contributed by atoms with Crippen molar-refractivity contribution in [2.75, 3.05) is 7.11 Å². The average molecular weight is 346 g/mol. The molecule has 1 saturated heterocycles. The molecule has 0 aromatic heterocycles. The lowest BCUT2D eigenvalue weighted by molar-refractivity contribution is -0.0836. The summed E-state index contributed by atoms with van der Waals surface area (Å²) in [6.07, 6.45) is 4.64. The molecule has 6 nitrogen and oxygen atoms in total. The fourth-order valence-corrected chi connectivity index (χ4v) is 5.45. The third kappa shape index (κ3) is 2.93. The van der Waals surface area contributed by atoms with Gasteiger partial charge in [0, 0.05) is 13.0 Å². The zero-order valence-corrected chi connectivity index (χ0v) is 15.7.